The van der Waals surface area contributed by atoms with Crippen LogP contribution in [0.2, 0.25) is 0 Å². The lowest BCUT2D eigenvalue weighted by molar-refractivity contribution is -0.180. The molecule has 1 saturated heterocycles. The number of carbonyl (C=O) groups excluding carboxylic acids is 3. The summed E-state index contributed by atoms with van der Waals surface area (Å²) in [5.41, 5.74) is 0. The van der Waals surface area contributed by atoms with E-state index in [-0.39, 0.29) is 12.5 Å². The first kappa shape index (κ1) is 17.4. The molecule has 0 radical (unpaired) electrons. The van der Waals surface area contributed by atoms with E-state index in [9.17, 15) is 14.4 Å². The van der Waals surface area contributed by atoms with Crippen LogP contribution in [-0.4, -0.2) is 68.0 Å². The average Bonchev–Trinajstić information content (AvgIpc) is 2.72. The van der Waals surface area contributed by atoms with Crippen molar-refractivity contribution in [3.05, 3.63) is 0 Å². The van der Waals surface area contributed by atoms with Crippen molar-refractivity contribution in [1.29, 1.82) is 0 Å². The van der Waals surface area contributed by atoms with E-state index < -0.39 is 36.5 Å². The fourth-order valence-electron chi connectivity index (χ4n) is 2.23. The summed E-state index contributed by atoms with van der Waals surface area (Å²) >= 11 is 0. The monoisotopic (exact) mass is 303 g/mol. The van der Waals surface area contributed by atoms with Gasteiger partial charge in [-0.25, -0.2) is 0 Å². The predicted molar refractivity (Wildman–Crippen MR) is 70.1 cm³/mol. The molecule has 1 heterocycles. The lowest BCUT2D eigenvalue weighted by Gasteiger charge is -2.30. The van der Waals surface area contributed by atoms with Gasteiger partial charge in [0.15, 0.2) is 12.4 Å². The summed E-state index contributed by atoms with van der Waals surface area (Å²) in [5.74, 6) is -1.21. The number of nitrogens with zero attached hydrogens (tertiary/aromatic N) is 1. The van der Waals surface area contributed by atoms with E-state index in [0.717, 1.165) is 0 Å². The molecule has 0 spiro atoms. The van der Waals surface area contributed by atoms with Gasteiger partial charge in [-0.15, -0.1) is 0 Å². The lowest BCUT2D eigenvalue weighted by atomic mass is 10.1. The SMILES string of the molecule is CO[C@H]1O[C@@H](COC(C)=O)[C@@H](N(C)C(C)=O)[C@H]1OC(C)=O. The van der Waals surface area contributed by atoms with Gasteiger partial charge in [0.05, 0.1) is 0 Å². The van der Waals surface area contributed by atoms with Crippen molar-refractivity contribution in [2.45, 2.75) is 45.3 Å². The van der Waals surface area contributed by atoms with Gasteiger partial charge >= 0.3 is 11.9 Å². The first-order valence-corrected chi connectivity index (χ1v) is 6.50. The van der Waals surface area contributed by atoms with Gasteiger partial charge in [-0.3, -0.25) is 14.4 Å². The van der Waals surface area contributed by atoms with Crippen molar-refractivity contribution in [3.63, 3.8) is 0 Å². The Labute approximate surface area is 123 Å². The largest absolute Gasteiger partial charge is 0.463 e. The molecule has 0 saturated carbocycles. The molecule has 0 aromatic heterocycles. The molecule has 0 aliphatic carbocycles. The summed E-state index contributed by atoms with van der Waals surface area (Å²) in [6.07, 6.45) is -2.26. The molecule has 4 atom stereocenters. The van der Waals surface area contributed by atoms with Crippen molar-refractivity contribution in [2.24, 2.45) is 0 Å². The van der Waals surface area contributed by atoms with Crippen molar-refractivity contribution >= 4 is 17.8 Å². The quantitative estimate of drug-likeness (QED) is 0.644. The molecule has 8 nitrogen and oxygen atoms in total. The Morgan fingerprint density at radius 2 is 1.76 bits per heavy atom. The minimum absolute atomic E-state index is 0.0603. The zero-order chi connectivity index (χ0) is 16.2. The maximum absolute atomic E-state index is 11.6. The number of hydrogen-bond donors (Lipinski definition) is 0. The highest BCUT2D eigenvalue weighted by Gasteiger charge is 2.50. The molecule has 1 aliphatic heterocycles. The highest BCUT2D eigenvalue weighted by Crippen LogP contribution is 2.28. The minimum Gasteiger partial charge on any atom is -0.463 e. The molecular weight excluding hydrogens is 282 g/mol. The number of ether oxygens (including phenoxy) is 4. The molecule has 1 aliphatic rings. The molecule has 0 N–H and O–H groups in total. The van der Waals surface area contributed by atoms with Crippen molar-refractivity contribution in [3.8, 4) is 0 Å². The van der Waals surface area contributed by atoms with Gasteiger partial charge in [-0.2, -0.15) is 0 Å². The van der Waals surface area contributed by atoms with Gasteiger partial charge in [0, 0.05) is 34.9 Å². The molecule has 120 valence electrons. The summed E-state index contributed by atoms with van der Waals surface area (Å²) in [4.78, 5) is 35.2. The summed E-state index contributed by atoms with van der Waals surface area (Å²) < 4.78 is 20.9. The Morgan fingerprint density at radius 1 is 1.14 bits per heavy atom. The van der Waals surface area contributed by atoms with Crippen LogP contribution in [-0.2, 0) is 33.3 Å². The van der Waals surface area contributed by atoms with E-state index in [0.29, 0.717) is 0 Å². The van der Waals surface area contributed by atoms with E-state index in [1.165, 1.54) is 32.8 Å². The standard InChI is InChI=1S/C13H21NO7/c1-7(15)14(4)11-10(6-19-8(2)16)21-13(18-5)12(11)20-9(3)17/h10-13H,6H2,1-5H3/t10-,11+,12+,13-/m0/s1. The molecule has 0 bridgehead atoms. The smallest absolute Gasteiger partial charge is 0.303 e. The van der Waals surface area contributed by atoms with E-state index in [2.05, 4.69) is 0 Å². The predicted octanol–water partition coefficient (Wildman–Crippen LogP) is -0.301. The Morgan fingerprint density at radius 3 is 2.19 bits per heavy atom. The Hall–Kier alpha value is -1.67. The third-order valence-corrected chi connectivity index (χ3v) is 3.22. The molecule has 0 aromatic carbocycles. The maximum atomic E-state index is 11.6. The van der Waals surface area contributed by atoms with Crippen LogP contribution >= 0.6 is 0 Å². The van der Waals surface area contributed by atoms with Crippen molar-refractivity contribution in [2.75, 3.05) is 20.8 Å². The Bertz CT molecular complexity index is 411. The Kier molecular flexibility index (Phi) is 6.10. The molecular formula is C13H21NO7. The van der Waals surface area contributed by atoms with E-state index in [4.69, 9.17) is 18.9 Å². The summed E-state index contributed by atoms with van der Waals surface area (Å²) in [7, 11) is 2.96. The molecule has 21 heavy (non-hydrogen) atoms. The maximum Gasteiger partial charge on any atom is 0.303 e. The molecule has 1 amide bonds. The normalized spacial score (nSPS) is 28.0. The number of hydrogen-bond acceptors (Lipinski definition) is 7. The van der Waals surface area contributed by atoms with E-state index in [1.807, 2.05) is 0 Å². The topological polar surface area (TPSA) is 91.4 Å². The van der Waals surface area contributed by atoms with Crippen LogP contribution in [0.1, 0.15) is 20.8 Å². The van der Waals surface area contributed by atoms with Crippen LogP contribution in [0.3, 0.4) is 0 Å². The highest BCUT2D eigenvalue weighted by atomic mass is 16.7. The van der Waals surface area contributed by atoms with Crippen LogP contribution in [0.5, 0.6) is 0 Å². The minimum atomic E-state index is -0.832. The fraction of sp³-hybridized carbons (Fsp3) is 0.769. The van der Waals surface area contributed by atoms with Crippen LogP contribution in [0.4, 0.5) is 0 Å². The molecule has 1 rings (SSSR count). The van der Waals surface area contributed by atoms with Gasteiger partial charge < -0.3 is 23.8 Å². The number of esters is 2. The van der Waals surface area contributed by atoms with Crippen LogP contribution < -0.4 is 0 Å². The third-order valence-electron chi connectivity index (χ3n) is 3.22. The van der Waals surface area contributed by atoms with Gasteiger partial charge in [0.2, 0.25) is 5.91 Å². The lowest BCUT2D eigenvalue weighted by Crippen LogP contribution is -2.50. The second-order valence-corrected chi connectivity index (χ2v) is 4.78. The molecule has 0 unspecified atom stereocenters. The van der Waals surface area contributed by atoms with Crippen LogP contribution in [0.15, 0.2) is 0 Å². The second-order valence-electron chi connectivity index (χ2n) is 4.78. The number of likely N-dealkylation sites (N-methyl/N-ethyl adjacent to an activating group) is 1. The van der Waals surface area contributed by atoms with E-state index >= 15 is 0 Å². The van der Waals surface area contributed by atoms with Gasteiger partial charge in [-0.05, 0) is 0 Å². The number of amides is 1. The first-order valence-electron chi connectivity index (χ1n) is 6.50. The number of methoxy groups -OCH3 is 1. The third kappa shape index (κ3) is 4.40. The zero-order valence-corrected chi connectivity index (χ0v) is 12.8. The highest BCUT2D eigenvalue weighted by molar-refractivity contribution is 5.73. The van der Waals surface area contributed by atoms with Crippen molar-refractivity contribution < 1.29 is 33.3 Å². The number of rotatable bonds is 5. The fourth-order valence-corrected chi connectivity index (χ4v) is 2.23. The Balaban J connectivity index is 2.97. The van der Waals surface area contributed by atoms with Crippen molar-refractivity contribution in [1.82, 2.24) is 4.90 Å². The average molecular weight is 303 g/mol. The molecule has 8 heteroatoms. The molecule has 1 fully saturated rings. The zero-order valence-electron chi connectivity index (χ0n) is 12.8. The van der Waals surface area contributed by atoms with E-state index in [1.54, 1.807) is 7.05 Å². The van der Waals surface area contributed by atoms with Crippen LogP contribution in [0, 0.1) is 0 Å². The second kappa shape index (κ2) is 7.37. The summed E-state index contributed by atoms with van der Waals surface area (Å²) in [5, 5.41) is 0. The molecule has 0 aromatic rings. The summed E-state index contributed by atoms with van der Waals surface area (Å²) in [6, 6.07) is -0.601. The van der Waals surface area contributed by atoms with Crippen LogP contribution in [0.25, 0.3) is 0 Å². The van der Waals surface area contributed by atoms with Gasteiger partial charge in [0.25, 0.3) is 0 Å². The van der Waals surface area contributed by atoms with Gasteiger partial charge in [-0.1, -0.05) is 0 Å². The van der Waals surface area contributed by atoms with Gasteiger partial charge in [0.1, 0.15) is 18.8 Å². The first-order chi connectivity index (χ1) is 9.77. The summed E-state index contributed by atoms with van der Waals surface area (Å²) in [6.45, 7) is 3.86. The number of carbonyl (C=O) groups is 3.